The third-order valence-electron chi connectivity index (χ3n) is 2.99. The van der Waals surface area contributed by atoms with Crippen molar-refractivity contribution in [1.82, 2.24) is 4.98 Å². The molecule has 1 aromatic heterocycles. The Morgan fingerprint density at radius 3 is 2.82 bits per heavy atom. The van der Waals surface area contributed by atoms with Gasteiger partial charge in [-0.1, -0.05) is 6.92 Å². The van der Waals surface area contributed by atoms with E-state index in [0.29, 0.717) is 10.4 Å². The molecule has 1 saturated heterocycles. The number of halogens is 1. The van der Waals surface area contributed by atoms with Gasteiger partial charge in [-0.05, 0) is 21.8 Å². The van der Waals surface area contributed by atoms with Crippen LogP contribution in [-0.4, -0.2) is 29.0 Å². The maximum absolute atomic E-state index is 10.6. The van der Waals surface area contributed by atoms with Crippen molar-refractivity contribution < 1.29 is 4.92 Å². The molecule has 1 aliphatic rings. The number of nitro groups is 1. The lowest BCUT2D eigenvalue weighted by Crippen LogP contribution is -2.28. The van der Waals surface area contributed by atoms with Gasteiger partial charge in [-0.25, -0.2) is 4.98 Å². The average molecular weight is 301 g/mol. The minimum atomic E-state index is -0.458. The van der Waals surface area contributed by atoms with Gasteiger partial charge in [-0.2, -0.15) is 0 Å². The van der Waals surface area contributed by atoms with Gasteiger partial charge in [-0.3, -0.25) is 10.1 Å². The van der Waals surface area contributed by atoms with Crippen LogP contribution >= 0.6 is 15.9 Å². The third-order valence-corrected chi connectivity index (χ3v) is 3.57. The number of anilines is 1. The smallest absolute Gasteiger partial charge is 0.288 e. The Hall–Kier alpha value is -1.21. The van der Waals surface area contributed by atoms with Crippen LogP contribution in [0.15, 0.2) is 16.7 Å². The molecule has 1 aromatic rings. The molecule has 0 aromatic carbocycles. The molecule has 1 aliphatic heterocycles. The second-order valence-corrected chi connectivity index (χ2v) is 5.16. The summed E-state index contributed by atoms with van der Waals surface area (Å²) in [6.45, 7) is 3.64. The fourth-order valence-electron chi connectivity index (χ4n) is 1.92. The van der Waals surface area contributed by atoms with E-state index in [1.807, 2.05) is 4.90 Å². The van der Waals surface area contributed by atoms with E-state index in [9.17, 15) is 10.1 Å². The second kappa shape index (κ2) is 4.58. The first kappa shape index (κ1) is 12.3. The predicted molar refractivity (Wildman–Crippen MR) is 67.9 cm³/mol. The van der Waals surface area contributed by atoms with Crippen LogP contribution in [0.1, 0.15) is 6.92 Å². The molecule has 0 aliphatic carbocycles. The van der Waals surface area contributed by atoms with Crippen molar-refractivity contribution in [2.24, 2.45) is 11.7 Å². The molecule has 2 unspecified atom stereocenters. The molecule has 7 heteroatoms. The minimum Gasteiger partial charge on any atom is -0.354 e. The van der Waals surface area contributed by atoms with E-state index in [1.54, 1.807) is 0 Å². The van der Waals surface area contributed by atoms with Gasteiger partial charge in [0.25, 0.3) is 5.69 Å². The van der Waals surface area contributed by atoms with Crippen molar-refractivity contribution in [3.63, 3.8) is 0 Å². The van der Waals surface area contributed by atoms with Crippen molar-refractivity contribution in [3.05, 3.63) is 26.9 Å². The van der Waals surface area contributed by atoms with Gasteiger partial charge in [-0.15, -0.1) is 0 Å². The zero-order valence-electron chi connectivity index (χ0n) is 9.34. The summed E-state index contributed by atoms with van der Waals surface area (Å²) in [6.07, 6.45) is 1.27. The van der Waals surface area contributed by atoms with E-state index in [-0.39, 0.29) is 11.7 Å². The number of rotatable bonds is 2. The molecule has 0 amide bonds. The summed E-state index contributed by atoms with van der Waals surface area (Å²) < 4.78 is 0.632. The summed E-state index contributed by atoms with van der Waals surface area (Å²) in [7, 11) is 0. The van der Waals surface area contributed by atoms with Crippen LogP contribution in [0.5, 0.6) is 0 Å². The average Bonchev–Trinajstić information content (AvgIpc) is 2.58. The molecular formula is C10H13BrN4O2. The van der Waals surface area contributed by atoms with Crippen molar-refractivity contribution >= 4 is 27.4 Å². The summed E-state index contributed by atoms with van der Waals surface area (Å²) in [5, 5.41) is 10.6. The standard InChI is InChI=1S/C10H13BrN4O2/c1-6-4-14(5-9(6)12)10-8(11)2-7(3-13-10)15(16)17/h2-3,6,9H,4-5,12H2,1H3. The number of aromatic nitrogens is 1. The molecule has 0 bridgehead atoms. The van der Waals surface area contributed by atoms with E-state index in [4.69, 9.17) is 5.73 Å². The van der Waals surface area contributed by atoms with E-state index in [2.05, 4.69) is 27.8 Å². The number of nitrogens with two attached hydrogens (primary N) is 1. The molecule has 17 heavy (non-hydrogen) atoms. The normalized spacial score (nSPS) is 24.1. The highest BCUT2D eigenvalue weighted by Crippen LogP contribution is 2.30. The van der Waals surface area contributed by atoms with Crippen LogP contribution in [0.3, 0.4) is 0 Å². The van der Waals surface area contributed by atoms with Gasteiger partial charge in [0.05, 0.1) is 9.40 Å². The van der Waals surface area contributed by atoms with Crippen molar-refractivity contribution in [1.29, 1.82) is 0 Å². The Morgan fingerprint density at radius 1 is 1.65 bits per heavy atom. The molecule has 2 atom stereocenters. The van der Waals surface area contributed by atoms with Gasteiger partial charge < -0.3 is 10.6 Å². The highest BCUT2D eigenvalue weighted by molar-refractivity contribution is 9.10. The lowest BCUT2D eigenvalue weighted by Gasteiger charge is -2.17. The molecular weight excluding hydrogens is 288 g/mol. The van der Waals surface area contributed by atoms with Crippen LogP contribution in [0.2, 0.25) is 0 Å². The van der Waals surface area contributed by atoms with Crippen molar-refractivity contribution in [2.45, 2.75) is 13.0 Å². The Balaban J connectivity index is 2.26. The zero-order valence-corrected chi connectivity index (χ0v) is 10.9. The first-order valence-electron chi connectivity index (χ1n) is 5.29. The number of hydrogen-bond donors (Lipinski definition) is 1. The fraction of sp³-hybridized carbons (Fsp3) is 0.500. The summed E-state index contributed by atoms with van der Waals surface area (Å²) in [5.41, 5.74) is 5.92. The summed E-state index contributed by atoms with van der Waals surface area (Å²) >= 11 is 3.32. The molecule has 2 rings (SSSR count). The molecule has 6 nitrogen and oxygen atoms in total. The van der Waals surface area contributed by atoms with E-state index < -0.39 is 4.92 Å². The van der Waals surface area contributed by atoms with Crippen LogP contribution in [0, 0.1) is 16.0 Å². The fourth-order valence-corrected chi connectivity index (χ4v) is 2.51. The van der Waals surface area contributed by atoms with Gasteiger partial charge in [0, 0.05) is 25.2 Å². The van der Waals surface area contributed by atoms with E-state index in [0.717, 1.165) is 18.9 Å². The summed E-state index contributed by atoms with van der Waals surface area (Å²) in [4.78, 5) is 16.3. The predicted octanol–water partition coefficient (Wildman–Crippen LogP) is 1.54. The zero-order chi connectivity index (χ0) is 12.6. The SMILES string of the molecule is CC1CN(c2ncc([N+](=O)[O-])cc2Br)CC1N. The first-order valence-corrected chi connectivity index (χ1v) is 6.09. The topological polar surface area (TPSA) is 85.3 Å². The van der Waals surface area contributed by atoms with E-state index >= 15 is 0 Å². The highest BCUT2D eigenvalue weighted by Gasteiger charge is 2.29. The van der Waals surface area contributed by atoms with Gasteiger partial charge in [0.2, 0.25) is 0 Å². The molecule has 0 radical (unpaired) electrons. The van der Waals surface area contributed by atoms with Crippen LogP contribution in [0.4, 0.5) is 11.5 Å². The Morgan fingerprint density at radius 2 is 2.35 bits per heavy atom. The van der Waals surface area contributed by atoms with Gasteiger partial charge >= 0.3 is 0 Å². The van der Waals surface area contributed by atoms with Crippen molar-refractivity contribution in [3.8, 4) is 0 Å². The largest absolute Gasteiger partial charge is 0.354 e. The molecule has 0 saturated carbocycles. The maximum atomic E-state index is 10.6. The van der Waals surface area contributed by atoms with E-state index in [1.165, 1.54) is 12.3 Å². The quantitative estimate of drug-likeness (QED) is 0.661. The monoisotopic (exact) mass is 300 g/mol. The first-order chi connectivity index (χ1) is 7.99. The summed E-state index contributed by atoms with van der Waals surface area (Å²) in [6, 6.07) is 1.59. The number of hydrogen-bond acceptors (Lipinski definition) is 5. The Kier molecular flexibility index (Phi) is 3.30. The lowest BCUT2D eigenvalue weighted by atomic mass is 10.1. The molecule has 2 N–H and O–H groups in total. The summed E-state index contributed by atoms with van der Waals surface area (Å²) in [5.74, 6) is 1.12. The molecule has 0 spiro atoms. The number of nitrogens with zero attached hydrogens (tertiary/aromatic N) is 3. The third kappa shape index (κ3) is 2.39. The minimum absolute atomic E-state index is 0.0165. The van der Waals surface area contributed by atoms with Crippen LogP contribution < -0.4 is 10.6 Å². The Bertz CT molecular complexity index is 444. The van der Waals surface area contributed by atoms with Gasteiger partial charge in [0.15, 0.2) is 0 Å². The molecule has 1 fully saturated rings. The Labute approximate surface area is 107 Å². The number of pyridine rings is 1. The molecule has 2 heterocycles. The highest BCUT2D eigenvalue weighted by atomic mass is 79.9. The van der Waals surface area contributed by atoms with Gasteiger partial charge in [0.1, 0.15) is 12.0 Å². The second-order valence-electron chi connectivity index (χ2n) is 4.30. The van der Waals surface area contributed by atoms with Crippen molar-refractivity contribution in [2.75, 3.05) is 18.0 Å². The van der Waals surface area contributed by atoms with Crippen LogP contribution in [-0.2, 0) is 0 Å². The lowest BCUT2D eigenvalue weighted by molar-refractivity contribution is -0.385. The molecule has 92 valence electrons. The maximum Gasteiger partial charge on any atom is 0.288 e. The van der Waals surface area contributed by atoms with Crippen LogP contribution in [0.25, 0.3) is 0 Å².